The molecule has 0 aliphatic rings. The summed E-state index contributed by atoms with van der Waals surface area (Å²) in [4.78, 5) is 4.00. The van der Waals surface area contributed by atoms with Gasteiger partial charge in [0.1, 0.15) is 16.2 Å². The van der Waals surface area contributed by atoms with Crippen LogP contribution in [0.2, 0.25) is 0 Å². The quantitative estimate of drug-likeness (QED) is 0.780. The molecule has 0 fully saturated rings. The van der Waals surface area contributed by atoms with E-state index in [-0.39, 0.29) is 5.75 Å². The number of aryl methyl sites for hydroxylation is 1. The third-order valence-corrected chi connectivity index (χ3v) is 2.50. The number of hydrogen-bond acceptors (Lipinski definition) is 3. The van der Waals surface area contributed by atoms with Crippen molar-refractivity contribution in [3.63, 3.8) is 0 Å². The molecule has 1 aromatic rings. The van der Waals surface area contributed by atoms with Crippen LogP contribution in [0.5, 0.6) is 0 Å². The van der Waals surface area contributed by atoms with Crippen molar-refractivity contribution in [3.05, 3.63) is 16.6 Å². The van der Waals surface area contributed by atoms with Gasteiger partial charge >= 0.3 is 0 Å². The molecular weight excluding hydrogens is 244 g/mol. The first-order valence-corrected chi connectivity index (χ1v) is 6.09. The number of imidazole rings is 1. The van der Waals surface area contributed by atoms with E-state index in [2.05, 4.69) is 20.9 Å². The second-order valence-electron chi connectivity index (χ2n) is 2.66. The zero-order valence-electron chi connectivity index (χ0n) is 6.78. The second-order valence-corrected chi connectivity index (χ2v) is 5.61. The smallest absolute Gasteiger partial charge is 0.154 e. The third kappa shape index (κ3) is 2.60. The molecule has 1 aromatic heterocycles. The number of aromatic nitrogens is 2. The second kappa shape index (κ2) is 3.18. The lowest BCUT2D eigenvalue weighted by Crippen LogP contribution is -2.06. The molecule has 0 spiro atoms. The summed E-state index contributed by atoms with van der Waals surface area (Å²) < 4.78 is 24.1. The molecule has 0 aromatic carbocycles. The SMILES string of the molecule is Cn1cc(Br)nc1CS(C)(=O)=O. The van der Waals surface area contributed by atoms with Gasteiger partial charge in [0.15, 0.2) is 9.84 Å². The van der Waals surface area contributed by atoms with Gasteiger partial charge in [-0.15, -0.1) is 0 Å². The lowest BCUT2D eigenvalue weighted by molar-refractivity contribution is 0.598. The molecule has 4 nitrogen and oxygen atoms in total. The Labute approximate surface area is 79.7 Å². The fraction of sp³-hybridized carbons (Fsp3) is 0.500. The van der Waals surface area contributed by atoms with Gasteiger partial charge < -0.3 is 4.57 Å². The fourth-order valence-corrected chi connectivity index (χ4v) is 2.08. The Hall–Kier alpha value is -0.360. The molecule has 0 N–H and O–H groups in total. The summed E-state index contributed by atoms with van der Waals surface area (Å²) in [5.74, 6) is 0.527. The molecule has 0 radical (unpaired) electrons. The minimum absolute atomic E-state index is 0.0188. The Balaban J connectivity index is 2.97. The van der Waals surface area contributed by atoms with Crippen LogP contribution in [0.4, 0.5) is 0 Å². The Bertz CT molecular complexity index is 382. The number of halogens is 1. The predicted octanol–water partition coefficient (Wildman–Crippen LogP) is 0.727. The molecule has 0 bridgehead atoms. The topological polar surface area (TPSA) is 52.0 Å². The summed E-state index contributed by atoms with van der Waals surface area (Å²) >= 11 is 3.16. The van der Waals surface area contributed by atoms with Crippen molar-refractivity contribution in [2.75, 3.05) is 6.26 Å². The van der Waals surface area contributed by atoms with Crippen LogP contribution in [0, 0.1) is 0 Å². The first-order valence-electron chi connectivity index (χ1n) is 3.24. The summed E-state index contributed by atoms with van der Waals surface area (Å²) in [6.07, 6.45) is 2.91. The van der Waals surface area contributed by atoms with Crippen LogP contribution in [0.25, 0.3) is 0 Å². The van der Waals surface area contributed by atoms with Gasteiger partial charge in [-0.25, -0.2) is 13.4 Å². The average Bonchev–Trinajstić information content (AvgIpc) is 2.06. The highest BCUT2D eigenvalue weighted by atomic mass is 79.9. The molecule has 12 heavy (non-hydrogen) atoms. The van der Waals surface area contributed by atoms with Crippen LogP contribution in [0.15, 0.2) is 10.8 Å². The molecule has 0 saturated heterocycles. The summed E-state index contributed by atoms with van der Waals surface area (Å²) in [5.41, 5.74) is 0. The molecule has 0 aliphatic carbocycles. The molecule has 1 rings (SSSR count). The van der Waals surface area contributed by atoms with Crippen molar-refractivity contribution in [2.24, 2.45) is 7.05 Å². The third-order valence-electron chi connectivity index (χ3n) is 1.33. The van der Waals surface area contributed by atoms with E-state index in [0.717, 1.165) is 0 Å². The normalized spacial score (nSPS) is 11.9. The molecule has 6 heteroatoms. The summed E-state index contributed by atoms with van der Waals surface area (Å²) in [6.45, 7) is 0. The molecule has 0 saturated carbocycles. The summed E-state index contributed by atoms with van der Waals surface area (Å²) in [7, 11) is -1.23. The van der Waals surface area contributed by atoms with Crippen molar-refractivity contribution < 1.29 is 8.42 Å². The van der Waals surface area contributed by atoms with Crippen LogP contribution in [0.1, 0.15) is 5.82 Å². The van der Waals surface area contributed by atoms with E-state index in [1.165, 1.54) is 6.26 Å². The average molecular weight is 253 g/mol. The molecular formula is C6H9BrN2O2S. The minimum atomic E-state index is -2.99. The molecule has 0 atom stereocenters. The predicted molar refractivity (Wildman–Crippen MR) is 49.5 cm³/mol. The van der Waals surface area contributed by atoms with E-state index in [4.69, 9.17) is 0 Å². The van der Waals surface area contributed by atoms with E-state index in [1.54, 1.807) is 17.8 Å². The largest absolute Gasteiger partial charge is 0.336 e. The zero-order valence-corrected chi connectivity index (χ0v) is 9.18. The number of hydrogen-bond donors (Lipinski definition) is 0. The van der Waals surface area contributed by atoms with Gasteiger partial charge in [-0.3, -0.25) is 0 Å². The van der Waals surface area contributed by atoms with Crippen LogP contribution in [-0.4, -0.2) is 24.2 Å². The highest BCUT2D eigenvalue weighted by molar-refractivity contribution is 9.10. The highest BCUT2D eigenvalue weighted by Crippen LogP contribution is 2.10. The Morgan fingerprint density at radius 2 is 2.25 bits per heavy atom. The van der Waals surface area contributed by atoms with E-state index < -0.39 is 9.84 Å². The number of rotatable bonds is 2. The van der Waals surface area contributed by atoms with Gasteiger partial charge in [-0.2, -0.15) is 0 Å². The fourth-order valence-electron chi connectivity index (χ4n) is 0.834. The Morgan fingerprint density at radius 1 is 1.67 bits per heavy atom. The minimum Gasteiger partial charge on any atom is -0.336 e. The van der Waals surface area contributed by atoms with Crippen LogP contribution in [-0.2, 0) is 22.6 Å². The molecule has 0 unspecified atom stereocenters. The Morgan fingerprint density at radius 3 is 2.58 bits per heavy atom. The first kappa shape index (κ1) is 9.73. The van der Waals surface area contributed by atoms with E-state index >= 15 is 0 Å². The maximum absolute atomic E-state index is 10.9. The van der Waals surface area contributed by atoms with Gasteiger partial charge in [0.05, 0.1) is 0 Å². The van der Waals surface area contributed by atoms with Crippen molar-refractivity contribution in [1.82, 2.24) is 9.55 Å². The first-order chi connectivity index (χ1) is 5.38. The molecule has 68 valence electrons. The van der Waals surface area contributed by atoms with Crippen LogP contribution in [0.3, 0.4) is 0 Å². The van der Waals surface area contributed by atoms with Gasteiger partial charge in [0.25, 0.3) is 0 Å². The standard InChI is InChI=1S/C6H9BrN2O2S/c1-9-3-5(7)8-6(9)4-12(2,10)11/h3H,4H2,1-2H3. The summed E-state index contributed by atoms with van der Waals surface area (Å²) in [6, 6.07) is 0. The van der Waals surface area contributed by atoms with Crippen LogP contribution >= 0.6 is 15.9 Å². The lowest BCUT2D eigenvalue weighted by Gasteiger charge is -1.97. The van der Waals surface area contributed by atoms with E-state index in [9.17, 15) is 8.42 Å². The number of nitrogens with zero attached hydrogens (tertiary/aromatic N) is 2. The van der Waals surface area contributed by atoms with Crippen molar-refractivity contribution in [2.45, 2.75) is 5.75 Å². The molecule has 0 amide bonds. The van der Waals surface area contributed by atoms with Crippen molar-refractivity contribution in [1.29, 1.82) is 0 Å². The van der Waals surface area contributed by atoms with Crippen LogP contribution < -0.4 is 0 Å². The van der Waals surface area contributed by atoms with E-state index in [1.807, 2.05) is 0 Å². The van der Waals surface area contributed by atoms with Gasteiger partial charge in [0.2, 0.25) is 0 Å². The Kier molecular flexibility index (Phi) is 2.58. The van der Waals surface area contributed by atoms with Gasteiger partial charge in [0, 0.05) is 19.5 Å². The van der Waals surface area contributed by atoms with Gasteiger partial charge in [-0.1, -0.05) is 0 Å². The maximum Gasteiger partial charge on any atom is 0.154 e. The molecule has 1 heterocycles. The molecule has 0 aliphatic heterocycles. The zero-order chi connectivity index (χ0) is 9.35. The monoisotopic (exact) mass is 252 g/mol. The van der Waals surface area contributed by atoms with Crippen molar-refractivity contribution in [3.8, 4) is 0 Å². The maximum atomic E-state index is 10.9. The summed E-state index contributed by atoms with van der Waals surface area (Å²) in [5, 5.41) is 0. The number of sulfone groups is 1. The van der Waals surface area contributed by atoms with Gasteiger partial charge in [-0.05, 0) is 15.9 Å². The van der Waals surface area contributed by atoms with Crippen molar-refractivity contribution >= 4 is 25.8 Å². The highest BCUT2D eigenvalue weighted by Gasteiger charge is 2.09. The lowest BCUT2D eigenvalue weighted by atomic mass is 10.7. The van der Waals surface area contributed by atoms with E-state index in [0.29, 0.717) is 10.4 Å².